The number of nitrogens with zero attached hydrogens (tertiary/aromatic N) is 1. The number of aromatic nitrogens is 1. The molecule has 1 aromatic heterocycles. The maximum absolute atomic E-state index is 12.6. The third-order valence-corrected chi connectivity index (χ3v) is 6.79. The quantitative estimate of drug-likeness (QED) is 0.355. The van der Waals surface area contributed by atoms with Gasteiger partial charge in [-0.1, -0.05) is 24.3 Å². The third kappa shape index (κ3) is 6.72. The lowest BCUT2D eigenvalue weighted by Gasteiger charge is -2.25. The molecule has 1 saturated carbocycles. The van der Waals surface area contributed by atoms with E-state index in [1.807, 2.05) is 18.3 Å². The largest absolute Gasteiger partial charge is 0.573 e. The van der Waals surface area contributed by atoms with Gasteiger partial charge >= 0.3 is 12.4 Å². The number of ether oxygens (including phenoxy) is 2. The van der Waals surface area contributed by atoms with Crippen LogP contribution in [0, 0.1) is 0 Å². The number of para-hydroxylation sites is 2. The monoisotopic (exact) mass is 505 g/mol. The van der Waals surface area contributed by atoms with E-state index in [1.54, 1.807) is 23.5 Å². The number of rotatable bonds is 7. The molecular weight excluding hydrogens is 483 g/mol. The first-order chi connectivity index (χ1) is 16.8. The van der Waals surface area contributed by atoms with Crippen molar-refractivity contribution < 1.29 is 32.2 Å². The Kier molecular flexibility index (Phi) is 7.54. The van der Waals surface area contributed by atoms with Gasteiger partial charge in [0.15, 0.2) is 5.75 Å². The molecule has 184 valence electrons. The zero-order chi connectivity index (χ0) is 24.8. The molecule has 35 heavy (non-hydrogen) atoms. The molecule has 7 nitrogen and oxygen atoms in total. The molecular formula is C24H22F3N3O4S. The SMILES string of the molecule is O=COC1CCC(c2ncc(-c3ccc(NC(=O)Nc4ccccc4OC(F)(F)F)cc3)s2)CC1. The maximum atomic E-state index is 12.6. The van der Waals surface area contributed by atoms with Crippen LogP contribution in [0.4, 0.5) is 29.3 Å². The molecule has 11 heteroatoms. The number of benzene rings is 2. The van der Waals surface area contributed by atoms with Crippen molar-refractivity contribution in [2.24, 2.45) is 0 Å². The van der Waals surface area contributed by atoms with Crippen LogP contribution >= 0.6 is 11.3 Å². The van der Waals surface area contributed by atoms with Crippen molar-refractivity contribution in [1.82, 2.24) is 4.98 Å². The molecule has 1 heterocycles. The summed E-state index contributed by atoms with van der Waals surface area (Å²) in [5, 5.41) is 6.01. The second-order valence-corrected chi connectivity index (χ2v) is 9.03. The lowest BCUT2D eigenvalue weighted by Crippen LogP contribution is -2.22. The molecule has 1 fully saturated rings. The van der Waals surface area contributed by atoms with E-state index in [4.69, 9.17) is 4.74 Å². The van der Waals surface area contributed by atoms with Crippen LogP contribution < -0.4 is 15.4 Å². The van der Waals surface area contributed by atoms with Crippen LogP contribution in [-0.4, -0.2) is 30.0 Å². The first-order valence-electron chi connectivity index (χ1n) is 10.9. The van der Waals surface area contributed by atoms with Gasteiger partial charge < -0.3 is 20.1 Å². The summed E-state index contributed by atoms with van der Waals surface area (Å²) in [6.07, 6.45) is 0.430. The number of amides is 2. The molecule has 2 aromatic carbocycles. The summed E-state index contributed by atoms with van der Waals surface area (Å²) in [6, 6.07) is 11.7. The average molecular weight is 506 g/mol. The third-order valence-electron chi connectivity index (χ3n) is 5.58. The van der Waals surface area contributed by atoms with Gasteiger partial charge in [0, 0.05) is 17.8 Å². The predicted octanol–water partition coefficient (Wildman–Crippen LogP) is 6.55. The highest BCUT2D eigenvalue weighted by molar-refractivity contribution is 7.15. The second-order valence-electron chi connectivity index (χ2n) is 7.97. The second kappa shape index (κ2) is 10.8. The molecule has 0 bridgehead atoms. The summed E-state index contributed by atoms with van der Waals surface area (Å²) in [5.74, 6) is -0.162. The van der Waals surface area contributed by atoms with Gasteiger partial charge in [0.1, 0.15) is 6.10 Å². The normalized spacial score (nSPS) is 17.9. The Labute approximate surface area is 203 Å². The van der Waals surface area contributed by atoms with E-state index in [-0.39, 0.29) is 11.8 Å². The first-order valence-corrected chi connectivity index (χ1v) is 11.7. The number of carbonyl (C=O) groups is 2. The predicted molar refractivity (Wildman–Crippen MR) is 125 cm³/mol. The summed E-state index contributed by atoms with van der Waals surface area (Å²) in [4.78, 5) is 28.4. The molecule has 0 aliphatic heterocycles. The molecule has 1 aliphatic carbocycles. The smallest absolute Gasteiger partial charge is 0.465 e. The maximum Gasteiger partial charge on any atom is 0.573 e. The van der Waals surface area contributed by atoms with Crippen molar-refractivity contribution in [3.8, 4) is 16.2 Å². The van der Waals surface area contributed by atoms with Crippen LogP contribution in [-0.2, 0) is 9.53 Å². The van der Waals surface area contributed by atoms with Gasteiger partial charge in [-0.3, -0.25) is 4.79 Å². The Morgan fingerprint density at radius 3 is 2.43 bits per heavy atom. The number of nitrogens with one attached hydrogen (secondary N) is 2. The van der Waals surface area contributed by atoms with Crippen molar-refractivity contribution in [2.45, 2.75) is 44.1 Å². The van der Waals surface area contributed by atoms with Crippen molar-refractivity contribution in [3.63, 3.8) is 0 Å². The van der Waals surface area contributed by atoms with Crippen LogP contribution in [0.25, 0.3) is 10.4 Å². The lowest BCUT2D eigenvalue weighted by molar-refractivity contribution is -0.274. The summed E-state index contributed by atoms with van der Waals surface area (Å²) in [6.45, 7) is 0.510. The fourth-order valence-corrected chi connectivity index (χ4v) is 5.01. The molecule has 2 N–H and O–H groups in total. The number of halogens is 3. The van der Waals surface area contributed by atoms with Gasteiger partial charge in [-0.25, -0.2) is 9.78 Å². The van der Waals surface area contributed by atoms with Gasteiger partial charge in [0.2, 0.25) is 0 Å². The number of carbonyl (C=O) groups excluding carboxylic acids is 2. The Bertz CT molecular complexity index is 1160. The zero-order valence-electron chi connectivity index (χ0n) is 18.4. The fourth-order valence-electron chi connectivity index (χ4n) is 3.92. The number of hydrogen-bond donors (Lipinski definition) is 2. The summed E-state index contributed by atoms with van der Waals surface area (Å²) in [5.41, 5.74) is 1.29. The minimum absolute atomic E-state index is 0.00827. The van der Waals surface area contributed by atoms with Gasteiger partial charge in [-0.15, -0.1) is 24.5 Å². The van der Waals surface area contributed by atoms with Gasteiger partial charge in [0.05, 0.1) is 15.6 Å². The van der Waals surface area contributed by atoms with Crippen molar-refractivity contribution >= 4 is 35.2 Å². The van der Waals surface area contributed by atoms with E-state index < -0.39 is 18.1 Å². The molecule has 0 atom stereocenters. The van der Waals surface area contributed by atoms with Crippen LogP contribution in [0.15, 0.2) is 54.7 Å². The molecule has 0 radical (unpaired) electrons. The summed E-state index contributed by atoms with van der Waals surface area (Å²) in [7, 11) is 0. The highest BCUT2D eigenvalue weighted by Crippen LogP contribution is 2.38. The van der Waals surface area contributed by atoms with E-state index >= 15 is 0 Å². The van der Waals surface area contributed by atoms with Crippen molar-refractivity contribution in [2.75, 3.05) is 10.6 Å². The zero-order valence-corrected chi connectivity index (χ0v) is 19.2. The van der Waals surface area contributed by atoms with E-state index in [2.05, 4.69) is 20.4 Å². The first kappa shape index (κ1) is 24.5. The van der Waals surface area contributed by atoms with Crippen LogP contribution in [0.5, 0.6) is 5.75 Å². The lowest BCUT2D eigenvalue weighted by atomic mass is 9.88. The van der Waals surface area contributed by atoms with E-state index in [0.717, 1.165) is 47.2 Å². The minimum Gasteiger partial charge on any atom is -0.465 e. The topological polar surface area (TPSA) is 89.5 Å². The van der Waals surface area contributed by atoms with E-state index in [9.17, 15) is 22.8 Å². The van der Waals surface area contributed by atoms with Crippen LogP contribution in [0.2, 0.25) is 0 Å². The number of alkyl halides is 3. The Hall–Kier alpha value is -3.60. The van der Waals surface area contributed by atoms with Crippen molar-refractivity contribution in [1.29, 1.82) is 0 Å². The van der Waals surface area contributed by atoms with E-state index in [1.165, 1.54) is 18.2 Å². The summed E-state index contributed by atoms with van der Waals surface area (Å²) >= 11 is 1.61. The van der Waals surface area contributed by atoms with Gasteiger partial charge in [-0.05, 0) is 55.5 Å². The molecule has 0 unspecified atom stereocenters. The molecule has 4 rings (SSSR count). The van der Waals surface area contributed by atoms with Gasteiger partial charge in [0.25, 0.3) is 6.47 Å². The number of hydrogen-bond acceptors (Lipinski definition) is 6. The molecule has 3 aromatic rings. The van der Waals surface area contributed by atoms with Crippen LogP contribution in [0.3, 0.4) is 0 Å². The summed E-state index contributed by atoms with van der Waals surface area (Å²) < 4.78 is 46.7. The molecule has 0 saturated heterocycles. The number of anilines is 2. The highest BCUT2D eigenvalue weighted by Gasteiger charge is 2.32. The molecule has 0 spiro atoms. The standard InChI is InChI=1S/C24H22F3N3O4S/c25-24(26,27)34-20-4-2-1-3-19(20)30-23(32)29-17-9-5-15(6-10-17)21-13-28-22(35-21)16-7-11-18(12-8-16)33-14-31/h1-6,9-10,13-14,16,18H,7-8,11-12H2,(H2,29,30,32). The van der Waals surface area contributed by atoms with Crippen molar-refractivity contribution in [3.05, 3.63) is 59.7 Å². The Balaban J connectivity index is 1.35. The average Bonchev–Trinajstić information content (AvgIpc) is 3.31. The molecule has 1 aliphatic rings. The molecule has 2 amide bonds. The van der Waals surface area contributed by atoms with Gasteiger partial charge in [-0.2, -0.15) is 0 Å². The number of urea groups is 1. The van der Waals surface area contributed by atoms with E-state index in [0.29, 0.717) is 18.1 Å². The number of thiazole rings is 1. The van der Waals surface area contributed by atoms with Crippen LogP contribution in [0.1, 0.15) is 36.6 Å². The fraction of sp³-hybridized carbons (Fsp3) is 0.292. The Morgan fingerprint density at radius 2 is 1.74 bits per heavy atom. The minimum atomic E-state index is -4.87. The Morgan fingerprint density at radius 1 is 1.03 bits per heavy atom. The highest BCUT2D eigenvalue weighted by atomic mass is 32.1.